The first-order chi connectivity index (χ1) is 9.97. The molecule has 0 spiro atoms. The van der Waals surface area contributed by atoms with Crippen LogP contribution in [0.5, 0.6) is 0 Å². The molecule has 1 N–H and O–H groups in total. The highest BCUT2D eigenvalue weighted by atomic mass is 32.2. The summed E-state index contributed by atoms with van der Waals surface area (Å²) in [4.78, 5) is -0.0837. The highest BCUT2D eigenvalue weighted by Crippen LogP contribution is 2.20. The molecule has 0 aromatic heterocycles. The predicted molar refractivity (Wildman–Crippen MR) is 75.1 cm³/mol. The van der Waals surface area contributed by atoms with E-state index < -0.39 is 29.7 Å². The first kappa shape index (κ1) is 16.7. The number of aliphatic hydroxyl groups is 1. The summed E-state index contributed by atoms with van der Waals surface area (Å²) in [5, 5.41) is 26.2. The van der Waals surface area contributed by atoms with Gasteiger partial charge in [-0.2, -0.15) is 14.8 Å². The van der Waals surface area contributed by atoms with Crippen molar-refractivity contribution in [3.05, 3.63) is 29.3 Å². The summed E-state index contributed by atoms with van der Waals surface area (Å²) >= 11 is 0. The average molecular weight is 303 g/mol. The van der Waals surface area contributed by atoms with E-state index in [1.165, 1.54) is 6.07 Å². The van der Waals surface area contributed by atoms with Gasteiger partial charge in [-0.1, -0.05) is 17.9 Å². The van der Waals surface area contributed by atoms with Gasteiger partial charge in [0.05, 0.1) is 17.0 Å². The Morgan fingerprint density at radius 3 is 2.38 bits per heavy atom. The number of nitrogens with zero attached hydrogens (tertiary/aromatic N) is 3. The lowest BCUT2D eigenvalue weighted by Crippen LogP contribution is -2.32. The minimum atomic E-state index is -4.00. The van der Waals surface area contributed by atoms with Crippen molar-refractivity contribution in [2.24, 2.45) is 0 Å². The quantitative estimate of drug-likeness (QED) is 0.639. The van der Waals surface area contributed by atoms with E-state index in [2.05, 4.69) is 11.8 Å². The summed E-state index contributed by atoms with van der Waals surface area (Å²) < 4.78 is 25.8. The van der Waals surface area contributed by atoms with E-state index in [-0.39, 0.29) is 10.5 Å². The molecule has 1 rings (SSSR count). The molecule has 0 aliphatic rings. The number of rotatable bonds is 4. The van der Waals surface area contributed by atoms with Crippen LogP contribution < -0.4 is 0 Å². The van der Waals surface area contributed by atoms with E-state index in [0.29, 0.717) is 0 Å². The van der Waals surface area contributed by atoms with Gasteiger partial charge >= 0.3 is 0 Å². The number of sulfonamides is 1. The fourth-order valence-corrected chi connectivity index (χ4v) is 2.99. The third-order valence-corrected chi connectivity index (χ3v) is 4.40. The Morgan fingerprint density at radius 2 is 1.86 bits per heavy atom. The summed E-state index contributed by atoms with van der Waals surface area (Å²) in [6.07, 6.45) is 0. The molecule has 0 bridgehead atoms. The number of aryl methyl sites for hydroxylation is 1. The molecule has 1 aromatic rings. The Kier molecular flexibility index (Phi) is 5.90. The fraction of sp³-hybridized carbons (Fsp3) is 0.286. The largest absolute Gasteiger partial charge is 0.384 e. The molecular weight excluding hydrogens is 290 g/mol. The predicted octanol–water partition coefficient (Wildman–Crippen LogP) is 0.377. The van der Waals surface area contributed by atoms with Crippen molar-refractivity contribution in [2.45, 2.75) is 11.8 Å². The molecule has 0 amide bonds. The third-order valence-electron chi connectivity index (χ3n) is 2.55. The van der Waals surface area contributed by atoms with Gasteiger partial charge in [0.15, 0.2) is 0 Å². The van der Waals surface area contributed by atoms with E-state index in [4.69, 9.17) is 15.6 Å². The molecular formula is C14H13N3O3S. The van der Waals surface area contributed by atoms with Crippen LogP contribution in [0.3, 0.4) is 0 Å². The average Bonchev–Trinajstić information content (AvgIpc) is 2.44. The number of aliphatic hydroxyl groups excluding tert-OH is 1. The molecule has 0 atom stereocenters. The van der Waals surface area contributed by atoms with Gasteiger partial charge in [-0.25, -0.2) is 8.42 Å². The Labute approximate surface area is 123 Å². The zero-order valence-electron chi connectivity index (χ0n) is 11.4. The zero-order chi connectivity index (χ0) is 15.9. The zero-order valence-corrected chi connectivity index (χ0v) is 12.2. The molecule has 108 valence electrons. The van der Waals surface area contributed by atoms with Crippen molar-refractivity contribution in [3.8, 4) is 24.0 Å². The Morgan fingerprint density at radius 1 is 1.24 bits per heavy atom. The second-order valence-electron chi connectivity index (χ2n) is 4.05. The number of benzene rings is 1. The summed E-state index contributed by atoms with van der Waals surface area (Å²) in [5.74, 6) is 4.98. The summed E-state index contributed by atoms with van der Waals surface area (Å²) in [6.45, 7) is 0.545. The van der Waals surface area contributed by atoms with Crippen molar-refractivity contribution in [2.75, 3.05) is 19.7 Å². The lowest BCUT2D eigenvalue weighted by Gasteiger charge is -2.17. The summed E-state index contributed by atoms with van der Waals surface area (Å²) in [5.41, 5.74) is 1.04. The maximum atomic E-state index is 12.5. The minimum Gasteiger partial charge on any atom is -0.384 e. The van der Waals surface area contributed by atoms with Crippen molar-refractivity contribution in [1.29, 1.82) is 10.5 Å². The van der Waals surface area contributed by atoms with Crippen LogP contribution >= 0.6 is 0 Å². The van der Waals surface area contributed by atoms with Crippen molar-refractivity contribution < 1.29 is 13.5 Å². The topological polar surface area (TPSA) is 105 Å². The summed E-state index contributed by atoms with van der Waals surface area (Å²) in [7, 11) is -4.00. The highest BCUT2D eigenvalue weighted by Gasteiger charge is 2.26. The molecule has 21 heavy (non-hydrogen) atoms. The van der Waals surface area contributed by atoms with Crippen LogP contribution in [0.15, 0.2) is 23.1 Å². The minimum absolute atomic E-state index is 0.0837. The number of hydrogen-bond acceptors (Lipinski definition) is 5. The Balaban J connectivity index is 3.44. The van der Waals surface area contributed by atoms with Crippen LogP contribution in [0.25, 0.3) is 0 Å². The molecule has 0 saturated carbocycles. The van der Waals surface area contributed by atoms with Crippen molar-refractivity contribution >= 4 is 10.0 Å². The molecule has 6 nitrogen and oxygen atoms in total. The molecule has 1 aromatic carbocycles. The van der Waals surface area contributed by atoms with Crippen molar-refractivity contribution in [3.63, 3.8) is 0 Å². The number of nitriles is 2. The monoisotopic (exact) mass is 303 g/mol. The maximum Gasteiger partial charge on any atom is 0.246 e. The highest BCUT2D eigenvalue weighted by molar-refractivity contribution is 7.89. The Bertz CT molecular complexity index is 745. The molecule has 0 unspecified atom stereocenters. The van der Waals surface area contributed by atoms with E-state index in [1.54, 1.807) is 31.2 Å². The molecule has 0 heterocycles. The first-order valence-corrected chi connectivity index (χ1v) is 7.35. The maximum absolute atomic E-state index is 12.5. The lowest BCUT2D eigenvalue weighted by atomic mass is 10.1. The van der Waals surface area contributed by atoms with E-state index >= 15 is 0 Å². The van der Waals surface area contributed by atoms with Gasteiger partial charge in [-0.3, -0.25) is 0 Å². The van der Waals surface area contributed by atoms with Crippen LogP contribution in [-0.2, 0) is 10.0 Å². The van der Waals surface area contributed by atoms with Gasteiger partial charge in [0, 0.05) is 5.56 Å². The second-order valence-corrected chi connectivity index (χ2v) is 5.96. The van der Waals surface area contributed by atoms with Crippen LogP contribution in [0.4, 0.5) is 0 Å². The second kappa shape index (κ2) is 7.42. The molecule has 7 heteroatoms. The molecule has 0 saturated heterocycles. The van der Waals surface area contributed by atoms with E-state index in [9.17, 15) is 8.42 Å². The van der Waals surface area contributed by atoms with Gasteiger partial charge in [0.1, 0.15) is 19.7 Å². The van der Waals surface area contributed by atoms with E-state index in [1.807, 2.05) is 0 Å². The Hall–Kier alpha value is -2.37. The molecule has 0 fully saturated rings. The van der Waals surface area contributed by atoms with Gasteiger partial charge in [0.2, 0.25) is 10.0 Å². The van der Waals surface area contributed by atoms with Crippen LogP contribution in [0.2, 0.25) is 0 Å². The molecule has 0 aliphatic heterocycles. The fourth-order valence-electron chi connectivity index (χ4n) is 1.62. The SMILES string of the molecule is Cc1ccc(S(=O)(=O)N(CC#N)CC#N)c(C#CCO)c1. The van der Waals surface area contributed by atoms with Crippen LogP contribution in [-0.4, -0.2) is 37.5 Å². The molecule has 0 aliphatic carbocycles. The standard InChI is InChI=1S/C14H13N3O3S/c1-12-4-5-14(13(11-12)3-2-10-18)21(19,20)17(8-6-15)9-7-16/h4-5,11,18H,8-10H2,1H3. The smallest absolute Gasteiger partial charge is 0.246 e. The normalized spacial score (nSPS) is 10.3. The number of hydrogen-bond donors (Lipinski definition) is 1. The lowest BCUT2D eigenvalue weighted by molar-refractivity contribution is 0.350. The van der Waals surface area contributed by atoms with Crippen molar-refractivity contribution in [1.82, 2.24) is 4.31 Å². The third kappa shape index (κ3) is 4.05. The van der Waals surface area contributed by atoms with E-state index in [0.717, 1.165) is 9.87 Å². The first-order valence-electron chi connectivity index (χ1n) is 5.91. The summed E-state index contributed by atoms with van der Waals surface area (Å²) in [6, 6.07) is 8.01. The molecule has 0 radical (unpaired) electrons. The van der Waals surface area contributed by atoms with Crippen LogP contribution in [0, 0.1) is 41.4 Å². The van der Waals surface area contributed by atoms with Gasteiger partial charge in [-0.15, -0.1) is 0 Å². The van der Waals surface area contributed by atoms with Gasteiger partial charge in [-0.05, 0) is 24.6 Å². The van der Waals surface area contributed by atoms with Crippen LogP contribution in [0.1, 0.15) is 11.1 Å². The van der Waals surface area contributed by atoms with Gasteiger partial charge in [0.25, 0.3) is 0 Å². The van der Waals surface area contributed by atoms with Gasteiger partial charge < -0.3 is 5.11 Å².